The number of hydrogen-bond donors (Lipinski definition) is 2. The van der Waals surface area contributed by atoms with E-state index in [2.05, 4.69) is 28.0 Å². The molecule has 0 aliphatic rings. The maximum atomic E-state index is 10.3. The normalized spacial score (nSPS) is 9.55. The summed E-state index contributed by atoms with van der Waals surface area (Å²) in [5, 5.41) is 6.03. The molecule has 0 unspecified atom stereocenters. The molecule has 0 saturated carbocycles. The standard InChI is InChI=1S/C5H8N4OS/c10-5(11)7-1-2-9-4-6-3-8-9/h3-4H,1-2H2,(H2,7,10,11). The molecule has 0 aromatic carbocycles. The molecule has 1 aromatic rings. The van der Waals surface area contributed by atoms with Crippen LogP contribution in [0.15, 0.2) is 12.7 Å². The van der Waals surface area contributed by atoms with E-state index in [-0.39, 0.29) is 5.24 Å². The zero-order valence-electron chi connectivity index (χ0n) is 5.77. The summed E-state index contributed by atoms with van der Waals surface area (Å²) < 4.78 is 1.63. The van der Waals surface area contributed by atoms with Gasteiger partial charge in [0.15, 0.2) is 0 Å². The zero-order chi connectivity index (χ0) is 8.10. The van der Waals surface area contributed by atoms with Crippen molar-refractivity contribution in [2.45, 2.75) is 6.54 Å². The van der Waals surface area contributed by atoms with Crippen LogP contribution in [0, 0.1) is 0 Å². The van der Waals surface area contributed by atoms with Crippen molar-refractivity contribution in [2.75, 3.05) is 6.54 Å². The quantitative estimate of drug-likeness (QED) is 0.627. The number of carbonyl (C=O) groups excluding carboxylic acids is 1. The second kappa shape index (κ2) is 3.97. The molecular formula is C5H8N4OS. The van der Waals surface area contributed by atoms with Crippen LogP contribution in [0.25, 0.3) is 0 Å². The number of aromatic nitrogens is 3. The minimum Gasteiger partial charge on any atom is -0.345 e. The average molecular weight is 172 g/mol. The molecule has 0 atom stereocenters. The third-order valence-corrected chi connectivity index (χ3v) is 1.24. The number of rotatable bonds is 3. The summed E-state index contributed by atoms with van der Waals surface area (Å²) in [6, 6.07) is 0. The fourth-order valence-corrected chi connectivity index (χ4v) is 0.737. The summed E-state index contributed by atoms with van der Waals surface area (Å²) in [4.78, 5) is 14.0. The van der Waals surface area contributed by atoms with Crippen molar-refractivity contribution in [3.05, 3.63) is 12.7 Å². The van der Waals surface area contributed by atoms with Crippen molar-refractivity contribution in [1.29, 1.82) is 0 Å². The summed E-state index contributed by atoms with van der Waals surface area (Å²) in [7, 11) is 0. The maximum absolute atomic E-state index is 10.3. The van der Waals surface area contributed by atoms with Gasteiger partial charge in [0.05, 0.1) is 6.54 Å². The monoisotopic (exact) mass is 172 g/mol. The first-order valence-electron chi connectivity index (χ1n) is 3.08. The largest absolute Gasteiger partial charge is 0.345 e. The number of nitrogens with zero attached hydrogens (tertiary/aromatic N) is 3. The van der Waals surface area contributed by atoms with Crippen molar-refractivity contribution in [1.82, 2.24) is 20.1 Å². The fraction of sp³-hybridized carbons (Fsp3) is 0.400. The predicted octanol–water partition coefficient (Wildman–Crippen LogP) is -0.0825. The summed E-state index contributed by atoms with van der Waals surface area (Å²) in [5.74, 6) is 0. The van der Waals surface area contributed by atoms with Crippen molar-refractivity contribution < 1.29 is 4.79 Å². The van der Waals surface area contributed by atoms with Gasteiger partial charge in [0.25, 0.3) is 5.24 Å². The van der Waals surface area contributed by atoms with Crippen LogP contribution in [-0.2, 0) is 6.54 Å². The Morgan fingerprint density at radius 1 is 1.73 bits per heavy atom. The van der Waals surface area contributed by atoms with Gasteiger partial charge in [-0.2, -0.15) is 5.10 Å². The predicted molar refractivity (Wildman–Crippen MR) is 42.4 cm³/mol. The van der Waals surface area contributed by atoms with Gasteiger partial charge in [0.2, 0.25) is 0 Å². The molecule has 6 heteroatoms. The van der Waals surface area contributed by atoms with E-state index in [1.54, 1.807) is 11.0 Å². The molecular weight excluding hydrogens is 164 g/mol. The molecule has 1 N–H and O–H groups in total. The lowest BCUT2D eigenvalue weighted by Gasteiger charge is -1.99. The highest BCUT2D eigenvalue weighted by atomic mass is 32.1. The molecule has 0 fully saturated rings. The highest BCUT2D eigenvalue weighted by Gasteiger charge is 1.92. The molecule has 0 radical (unpaired) electrons. The molecule has 1 amide bonds. The topological polar surface area (TPSA) is 59.8 Å². The van der Waals surface area contributed by atoms with Crippen LogP contribution in [0.3, 0.4) is 0 Å². The van der Waals surface area contributed by atoms with Gasteiger partial charge in [-0.05, 0) is 0 Å². The first-order chi connectivity index (χ1) is 5.29. The molecule has 60 valence electrons. The van der Waals surface area contributed by atoms with Crippen molar-refractivity contribution in [3.8, 4) is 0 Å². The van der Waals surface area contributed by atoms with Gasteiger partial charge in [0.1, 0.15) is 12.7 Å². The highest BCUT2D eigenvalue weighted by Crippen LogP contribution is 1.79. The Kier molecular flexibility index (Phi) is 2.91. The highest BCUT2D eigenvalue weighted by molar-refractivity contribution is 7.96. The first-order valence-corrected chi connectivity index (χ1v) is 3.53. The Balaban J connectivity index is 2.19. The Morgan fingerprint density at radius 2 is 2.55 bits per heavy atom. The van der Waals surface area contributed by atoms with Gasteiger partial charge in [0, 0.05) is 6.54 Å². The van der Waals surface area contributed by atoms with E-state index in [9.17, 15) is 4.79 Å². The van der Waals surface area contributed by atoms with Gasteiger partial charge in [-0.25, -0.2) is 4.98 Å². The molecule has 1 aromatic heterocycles. The minimum absolute atomic E-state index is 0.329. The minimum atomic E-state index is -0.329. The molecule has 0 spiro atoms. The number of amides is 1. The smallest absolute Gasteiger partial charge is 0.276 e. The molecule has 0 saturated heterocycles. The zero-order valence-corrected chi connectivity index (χ0v) is 6.66. The van der Waals surface area contributed by atoms with E-state index in [1.807, 2.05) is 0 Å². The SMILES string of the molecule is O=C(S)NCCn1cncn1. The lowest BCUT2D eigenvalue weighted by Crippen LogP contribution is -2.22. The summed E-state index contributed by atoms with van der Waals surface area (Å²) in [6.07, 6.45) is 3.03. The second-order valence-corrected chi connectivity index (χ2v) is 2.30. The molecule has 11 heavy (non-hydrogen) atoms. The van der Waals surface area contributed by atoms with Crippen LogP contribution in [0.4, 0.5) is 4.79 Å². The molecule has 1 heterocycles. The fourth-order valence-electron chi connectivity index (χ4n) is 0.626. The van der Waals surface area contributed by atoms with E-state index in [4.69, 9.17) is 0 Å². The van der Waals surface area contributed by atoms with Crippen molar-refractivity contribution in [2.24, 2.45) is 0 Å². The maximum Gasteiger partial charge on any atom is 0.276 e. The van der Waals surface area contributed by atoms with Crippen LogP contribution in [-0.4, -0.2) is 26.5 Å². The number of carbonyl (C=O) groups is 1. The Morgan fingerprint density at radius 3 is 3.09 bits per heavy atom. The first kappa shape index (κ1) is 8.06. The van der Waals surface area contributed by atoms with Gasteiger partial charge in [-0.1, -0.05) is 12.6 Å². The number of thiol groups is 1. The van der Waals surface area contributed by atoms with Gasteiger partial charge in [-0.15, -0.1) is 0 Å². The summed E-state index contributed by atoms with van der Waals surface area (Å²) in [5.41, 5.74) is 0. The van der Waals surface area contributed by atoms with Crippen LogP contribution < -0.4 is 5.32 Å². The molecule has 0 aliphatic carbocycles. The average Bonchev–Trinajstić information content (AvgIpc) is 2.39. The van der Waals surface area contributed by atoms with E-state index in [0.29, 0.717) is 13.1 Å². The summed E-state index contributed by atoms with van der Waals surface area (Å²) >= 11 is 3.53. The lowest BCUT2D eigenvalue weighted by molar-refractivity contribution is 0.260. The molecule has 0 aliphatic heterocycles. The summed E-state index contributed by atoms with van der Waals surface area (Å²) in [6.45, 7) is 1.14. The van der Waals surface area contributed by atoms with Crippen LogP contribution in [0.1, 0.15) is 0 Å². The number of hydrogen-bond acceptors (Lipinski definition) is 3. The third-order valence-electron chi connectivity index (χ3n) is 1.08. The Labute approximate surface area is 69.2 Å². The van der Waals surface area contributed by atoms with E-state index in [0.717, 1.165) is 0 Å². The van der Waals surface area contributed by atoms with Crippen molar-refractivity contribution in [3.63, 3.8) is 0 Å². The van der Waals surface area contributed by atoms with Crippen LogP contribution in [0.2, 0.25) is 0 Å². The van der Waals surface area contributed by atoms with E-state index >= 15 is 0 Å². The second-order valence-electron chi connectivity index (χ2n) is 1.89. The molecule has 0 bridgehead atoms. The Hall–Kier alpha value is -1.04. The Bertz CT molecular complexity index is 222. The van der Waals surface area contributed by atoms with E-state index < -0.39 is 0 Å². The number of nitrogens with one attached hydrogen (secondary N) is 1. The van der Waals surface area contributed by atoms with Crippen LogP contribution in [0.5, 0.6) is 0 Å². The molecule has 5 nitrogen and oxygen atoms in total. The van der Waals surface area contributed by atoms with Crippen LogP contribution >= 0.6 is 12.6 Å². The van der Waals surface area contributed by atoms with Gasteiger partial charge >= 0.3 is 0 Å². The van der Waals surface area contributed by atoms with E-state index in [1.165, 1.54) is 6.33 Å². The third kappa shape index (κ3) is 3.03. The van der Waals surface area contributed by atoms with Crippen molar-refractivity contribution >= 4 is 17.9 Å². The molecule has 1 rings (SSSR count). The van der Waals surface area contributed by atoms with Gasteiger partial charge in [-0.3, -0.25) is 9.48 Å². The van der Waals surface area contributed by atoms with Gasteiger partial charge < -0.3 is 5.32 Å². The lowest BCUT2D eigenvalue weighted by atomic mass is 10.6.